The van der Waals surface area contributed by atoms with Crippen molar-refractivity contribution in [3.63, 3.8) is 0 Å². The summed E-state index contributed by atoms with van der Waals surface area (Å²) in [6.45, 7) is 0.682. The van der Waals surface area contributed by atoms with Crippen LogP contribution in [0.5, 0.6) is 0 Å². The van der Waals surface area contributed by atoms with Gasteiger partial charge in [-0.25, -0.2) is 0 Å². The monoisotopic (exact) mass is 191 g/mol. The third-order valence-electron chi connectivity index (χ3n) is 2.31. The summed E-state index contributed by atoms with van der Waals surface area (Å²) in [7, 11) is 0. The molecule has 0 aliphatic carbocycles. The molecule has 4 N–H and O–H groups in total. The van der Waals surface area contributed by atoms with Crippen molar-refractivity contribution >= 4 is 10.9 Å². The van der Waals surface area contributed by atoms with Gasteiger partial charge in [-0.05, 0) is 37.1 Å². The zero-order valence-corrected chi connectivity index (χ0v) is 7.84. The van der Waals surface area contributed by atoms with Gasteiger partial charge in [-0.2, -0.15) is 0 Å². The molecule has 0 fully saturated rings. The Hall–Kier alpha value is -1.55. The van der Waals surface area contributed by atoms with Crippen molar-refractivity contribution in [2.45, 2.75) is 12.8 Å². The van der Waals surface area contributed by atoms with Gasteiger partial charge < -0.3 is 5.73 Å². The summed E-state index contributed by atoms with van der Waals surface area (Å²) in [5, 5.41) is 6.09. The van der Waals surface area contributed by atoms with Crippen LogP contribution >= 0.6 is 0 Å². The molecule has 0 amide bonds. The average molecular weight is 191 g/mol. The normalized spacial score (nSPS) is 10.9. The first-order chi connectivity index (χ1) is 6.81. The smallest absolute Gasteiger partial charge is 0.271 e. The number of benzene rings is 1. The van der Waals surface area contributed by atoms with E-state index in [0.717, 1.165) is 29.3 Å². The molecule has 2 rings (SSSR count). The van der Waals surface area contributed by atoms with Crippen molar-refractivity contribution in [2.75, 3.05) is 6.54 Å². The molecule has 2 aromatic rings. The third kappa shape index (κ3) is 1.56. The lowest BCUT2D eigenvalue weighted by Gasteiger charge is -1.98. The molecule has 0 bridgehead atoms. The largest absolute Gasteiger partial charge is 0.330 e. The molecule has 0 unspecified atom stereocenters. The Morgan fingerprint density at radius 3 is 2.93 bits per heavy atom. The van der Waals surface area contributed by atoms with Gasteiger partial charge in [0.15, 0.2) is 0 Å². The first-order valence-corrected chi connectivity index (χ1v) is 4.70. The number of fused-ring (bicyclic) bond motifs is 1. The zero-order valence-electron chi connectivity index (χ0n) is 7.84. The number of nitrogens with two attached hydrogens (primary N) is 1. The third-order valence-corrected chi connectivity index (χ3v) is 2.31. The number of H-pyrrole nitrogens is 2. The van der Waals surface area contributed by atoms with E-state index in [2.05, 4.69) is 10.2 Å². The summed E-state index contributed by atoms with van der Waals surface area (Å²) in [6, 6.07) is 5.85. The van der Waals surface area contributed by atoms with Gasteiger partial charge in [0.05, 0.1) is 10.9 Å². The molecule has 0 aliphatic heterocycles. The molecule has 4 nitrogen and oxygen atoms in total. The molecule has 1 heterocycles. The number of aryl methyl sites for hydroxylation is 1. The summed E-state index contributed by atoms with van der Waals surface area (Å²) in [5.74, 6) is 0. The van der Waals surface area contributed by atoms with Gasteiger partial charge in [-0.3, -0.25) is 15.0 Å². The van der Waals surface area contributed by atoms with Crippen molar-refractivity contribution in [1.82, 2.24) is 10.2 Å². The minimum absolute atomic E-state index is 0.0606. The maximum absolute atomic E-state index is 11.3. The lowest BCUT2D eigenvalue weighted by Crippen LogP contribution is -2.01. The van der Waals surface area contributed by atoms with Crippen molar-refractivity contribution in [1.29, 1.82) is 0 Å². The summed E-state index contributed by atoms with van der Waals surface area (Å²) >= 11 is 0. The van der Waals surface area contributed by atoms with Crippen molar-refractivity contribution in [2.24, 2.45) is 5.73 Å². The second kappa shape index (κ2) is 3.67. The van der Waals surface area contributed by atoms with Crippen LogP contribution in [0.4, 0.5) is 0 Å². The number of hydrogen-bond donors (Lipinski definition) is 3. The van der Waals surface area contributed by atoms with E-state index >= 15 is 0 Å². The molecule has 0 saturated heterocycles. The Bertz CT molecular complexity index is 483. The SMILES string of the molecule is NCCCc1ccc2[nH][nH]c(=O)c2c1. The van der Waals surface area contributed by atoms with Gasteiger partial charge in [0.1, 0.15) is 0 Å². The second-order valence-corrected chi connectivity index (χ2v) is 3.35. The Kier molecular flexibility index (Phi) is 2.37. The van der Waals surface area contributed by atoms with Gasteiger partial charge in [0, 0.05) is 0 Å². The van der Waals surface area contributed by atoms with E-state index in [-0.39, 0.29) is 5.56 Å². The summed E-state index contributed by atoms with van der Waals surface area (Å²) in [6.07, 6.45) is 1.88. The van der Waals surface area contributed by atoms with Crippen molar-refractivity contribution in [3.05, 3.63) is 34.1 Å². The highest BCUT2D eigenvalue weighted by atomic mass is 16.1. The highest BCUT2D eigenvalue weighted by molar-refractivity contribution is 5.78. The van der Waals surface area contributed by atoms with Crippen molar-refractivity contribution < 1.29 is 0 Å². The highest BCUT2D eigenvalue weighted by Crippen LogP contribution is 2.10. The number of hydrogen-bond acceptors (Lipinski definition) is 2. The van der Waals surface area contributed by atoms with E-state index in [4.69, 9.17) is 5.73 Å². The van der Waals surface area contributed by atoms with Crippen LogP contribution in [-0.4, -0.2) is 16.7 Å². The molecule has 74 valence electrons. The fraction of sp³-hybridized carbons (Fsp3) is 0.300. The van der Waals surface area contributed by atoms with Crippen LogP contribution in [0.15, 0.2) is 23.0 Å². The van der Waals surface area contributed by atoms with Gasteiger partial charge in [-0.15, -0.1) is 0 Å². The maximum atomic E-state index is 11.3. The zero-order chi connectivity index (χ0) is 9.97. The molecule has 0 aliphatic rings. The summed E-state index contributed by atoms with van der Waals surface area (Å²) in [5.41, 5.74) is 7.38. The Morgan fingerprint density at radius 1 is 1.29 bits per heavy atom. The fourth-order valence-corrected chi connectivity index (χ4v) is 1.54. The van der Waals surface area contributed by atoms with Crippen LogP contribution in [0.1, 0.15) is 12.0 Å². The lowest BCUT2D eigenvalue weighted by atomic mass is 10.1. The van der Waals surface area contributed by atoms with E-state index in [0.29, 0.717) is 6.54 Å². The maximum Gasteiger partial charge on any atom is 0.271 e. The molecule has 14 heavy (non-hydrogen) atoms. The minimum atomic E-state index is -0.0606. The van der Waals surface area contributed by atoms with Crippen LogP contribution in [0.2, 0.25) is 0 Å². The lowest BCUT2D eigenvalue weighted by molar-refractivity contribution is 0.833. The van der Waals surface area contributed by atoms with Gasteiger partial charge in [0.2, 0.25) is 0 Å². The van der Waals surface area contributed by atoms with Crippen LogP contribution in [0, 0.1) is 0 Å². The number of aromatic nitrogens is 2. The van der Waals surface area contributed by atoms with Crippen molar-refractivity contribution in [3.8, 4) is 0 Å². The quantitative estimate of drug-likeness (QED) is 0.669. The average Bonchev–Trinajstić information content (AvgIpc) is 2.57. The number of aromatic amines is 2. The molecular formula is C10H13N3O. The first kappa shape index (κ1) is 9.02. The van der Waals surface area contributed by atoms with Crippen LogP contribution in [0.25, 0.3) is 10.9 Å². The second-order valence-electron chi connectivity index (χ2n) is 3.35. The van der Waals surface area contributed by atoms with E-state index in [1.165, 1.54) is 0 Å². The summed E-state index contributed by atoms with van der Waals surface area (Å²) < 4.78 is 0. The molecule has 1 aromatic carbocycles. The standard InChI is InChI=1S/C10H13N3O/c11-5-1-2-7-3-4-9-8(6-7)10(14)13-12-9/h3-4,6H,1-2,5,11H2,(H2,12,13,14). The Morgan fingerprint density at radius 2 is 2.14 bits per heavy atom. The van der Waals surface area contributed by atoms with Crippen LogP contribution in [-0.2, 0) is 6.42 Å². The Labute approximate surface area is 81.1 Å². The minimum Gasteiger partial charge on any atom is -0.330 e. The van der Waals surface area contributed by atoms with Gasteiger partial charge in [0.25, 0.3) is 5.56 Å². The van der Waals surface area contributed by atoms with E-state index in [1.54, 1.807) is 0 Å². The molecule has 0 saturated carbocycles. The number of rotatable bonds is 3. The molecule has 0 atom stereocenters. The van der Waals surface area contributed by atoms with Gasteiger partial charge >= 0.3 is 0 Å². The van der Waals surface area contributed by atoms with Crippen LogP contribution in [0.3, 0.4) is 0 Å². The molecule has 1 aromatic heterocycles. The molecule has 0 radical (unpaired) electrons. The topological polar surface area (TPSA) is 74.7 Å². The Balaban J connectivity index is 2.39. The van der Waals surface area contributed by atoms with Gasteiger partial charge in [-0.1, -0.05) is 6.07 Å². The highest BCUT2D eigenvalue weighted by Gasteiger charge is 2.01. The molecule has 4 heteroatoms. The molecule has 0 spiro atoms. The first-order valence-electron chi connectivity index (χ1n) is 4.70. The predicted molar refractivity (Wildman–Crippen MR) is 56.3 cm³/mol. The van der Waals surface area contributed by atoms with Crippen LogP contribution < -0.4 is 11.3 Å². The van der Waals surface area contributed by atoms with E-state index in [1.807, 2.05) is 18.2 Å². The summed E-state index contributed by atoms with van der Waals surface area (Å²) in [4.78, 5) is 11.3. The predicted octanol–water partition coefficient (Wildman–Crippen LogP) is 0.747. The number of nitrogens with one attached hydrogen (secondary N) is 2. The molecular weight excluding hydrogens is 178 g/mol. The van der Waals surface area contributed by atoms with E-state index < -0.39 is 0 Å². The fourth-order valence-electron chi connectivity index (χ4n) is 1.54. The van der Waals surface area contributed by atoms with E-state index in [9.17, 15) is 4.79 Å².